The van der Waals surface area contributed by atoms with E-state index in [0.717, 1.165) is 11.3 Å². The first kappa shape index (κ1) is 20.7. The molecule has 0 aliphatic carbocycles. The van der Waals surface area contributed by atoms with Crippen molar-refractivity contribution in [1.29, 1.82) is 0 Å². The number of para-hydroxylation sites is 2. The Kier molecular flexibility index (Phi) is 5.81. The van der Waals surface area contributed by atoms with E-state index >= 15 is 0 Å². The molecule has 0 saturated carbocycles. The number of nitrogens with zero attached hydrogens (tertiary/aromatic N) is 3. The zero-order chi connectivity index (χ0) is 21.2. The van der Waals surface area contributed by atoms with Gasteiger partial charge in [0.25, 0.3) is 5.91 Å². The van der Waals surface area contributed by atoms with Crippen LogP contribution < -0.4 is 10.1 Å². The van der Waals surface area contributed by atoms with Crippen molar-refractivity contribution in [2.24, 2.45) is 7.05 Å². The van der Waals surface area contributed by atoms with Crippen LogP contribution in [0.2, 0.25) is 0 Å². The second kappa shape index (κ2) is 8.14. The van der Waals surface area contributed by atoms with Gasteiger partial charge in [0.1, 0.15) is 17.0 Å². The first-order valence-electron chi connectivity index (χ1n) is 9.75. The van der Waals surface area contributed by atoms with Crippen LogP contribution in [0.4, 0.5) is 10.5 Å². The molecular weight excluding hydrogens is 372 g/mol. The van der Waals surface area contributed by atoms with Crippen LogP contribution in [-0.4, -0.2) is 45.4 Å². The molecule has 0 unspecified atom stereocenters. The Morgan fingerprint density at radius 2 is 1.97 bits per heavy atom. The van der Waals surface area contributed by atoms with Crippen LogP contribution in [0.5, 0.6) is 5.75 Å². The van der Waals surface area contributed by atoms with Crippen LogP contribution in [0.3, 0.4) is 0 Å². The minimum atomic E-state index is -0.574. The molecule has 1 N–H and O–H groups in total. The minimum Gasteiger partial charge on any atom is -0.492 e. The first-order chi connectivity index (χ1) is 13.7. The Hall–Kier alpha value is -3.03. The number of aryl methyl sites for hydroxylation is 1. The summed E-state index contributed by atoms with van der Waals surface area (Å²) >= 11 is 0. The van der Waals surface area contributed by atoms with Gasteiger partial charge in [0.2, 0.25) is 0 Å². The molecule has 0 radical (unpaired) electrons. The largest absolute Gasteiger partial charge is 0.492 e. The summed E-state index contributed by atoms with van der Waals surface area (Å²) in [5, 5.41) is 7.40. The lowest BCUT2D eigenvalue weighted by Gasteiger charge is -2.29. The van der Waals surface area contributed by atoms with Crippen molar-refractivity contribution in [3.63, 3.8) is 0 Å². The Labute approximate surface area is 170 Å². The average molecular weight is 400 g/mol. The minimum absolute atomic E-state index is 0.286. The van der Waals surface area contributed by atoms with Crippen molar-refractivity contribution in [2.75, 3.05) is 18.5 Å². The number of aromatic nitrogens is 2. The molecule has 2 aromatic rings. The lowest BCUT2D eigenvalue weighted by Crippen LogP contribution is -2.40. The number of amides is 2. The maximum atomic E-state index is 13.1. The summed E-state index contributed by atoms with van der Waals surface area (Å²) in [6, 6.07) is 7.28. The van der Waals surface area contributed by atoms with Crippen molar-refractivity contribution in [3.05, 3.63) is 41.2 Å². The zero-order valence-electron chi connectivity index (χ0n) is 17.6. The molecule has 8 heteroatoms. The number of hydrogen-bond donors (Lipinski definition) is 1. The highest BCUT2D eigenvalue weighted by Crippen LogP contribution is 2.27. The van der Waals surface area contributed by atoms with Crippen molar-refractivity contribution in [1.82, 2.24) is 14.7 Å². The van der Waals surface area contributed by atoms with Gasteiger partial charge in [-0.1, -0.05) is 12.1 Å². The Morgan fingerprint density at radius 1 is 1.24 bits per heavy atom. The second-order valence-electron chi connectivity index (χ2n) is 7.93. The third-order valence-electron chi connectivity index (χ3n) is 4.50. The van der Waals surface area contributed by atoms with Gasteiger partial charge in [-0.3, -0.25) is 9.48 Å². The highest BCUT2D eigenvalue weighted by molar-refractivity contribution is 6.05. The molecule has 0 spiro atoms. The molecule has 0 fully saturated rings. The van der Waals surface area contributed by atoms with Crippen molar-refractivity contribution < 1.29 is 19.1 Å². The van der Waals surface area contributed by atoms with Gasteiger partial charge in [0.05, 0.1) is 24.5 Å². The number of carbonyl (C=O) groups is 2. The van der Waals surface area contributed by atoms with Gasteiger partial charge in [0, 0.05) is 25.6 Å². The van der Waals surface area contributed by atoms with Crippen LogP contribution >= 0.6 is 0 Å². The molecule has 2 amide bonds. The molecule has 2 heterocycles. The summed E-state index contributed by atoms with van der Waals surface area (Å²) in [6.07, 6.45) is 0.186. The van der Waals surface area contributed by atoms with E-state index in [2.05, 4.69) is 10.4 Å². The fourth-order valence-corrected chi connectivity index (χ4v) is 3.30. The predicted octanol–water partition coefficient (Wildman–Crippen LogP) is 3.36. The third kappa shape index (κ3) is 4.70. The van der Waals surface area contributed by atoms with Gasteiger partial charge in [-0.05, 0) is 39.8 Å². The van der Waals surface area contributed by atoms with Gasteiger partial charge < -0.3 is 19.7 Å². The number of anilines is 1. The van der Waals surface area contributed by atoms with Gasteiger partial charge in [-0.2, -0.15) is 5.10 Å². The Balaban J connectivity index is 1.83. The molecular formula is C21H28N4O4. The summed E-state index contributed by atoms with van der Waals surface area (Å²) in [5.74, 6) is 0.314. The SMILES string of the molecule is CCOc1ccccc1NC(=O)c1c2c(nn1C)CCN(C(=O)OC(C)(C)C)C2. The van der Waals surface area contributed by atoms with E-state index in [1.54, 1.807) is 22.7 Å². The quantitative estimate of drug-likeness (QED) is 0.850. The lowest BCUT2D eigenvalue weighted by molar-refractivity contribution is 0.0222. The second-order valence-corrected chi connectivity index (χ2v) is 7.93. The molecule has 156 valence electrons. The molecule has 1 aliphatic heterocycles. The van der Waals surface area contributed by atoms with Gasteiger partial charge >= 0.3 is 6.09 Å². The van der Waals surface area contributed by atoms with E-state index in [0.29, 0.717) is 36.7 Å². The highest BCUT2D eigenvalue weighted by atomic mass is 16.6. The summed E-state index contributed by atoms with van der Waals surface area (Å²) in [7, 11) is 1.74. The van der Waals surface area contributed by atoms with E-state index in [1.807, 2.05) is 45.9 Å². The van der Waals surface area contributed by atoms with Crippen LogP contribution in [0.1, 0.15) is 49.4 Å². The fraction of sp³-hybridized carbons (Fsp3) is 0.476. The number of fused-ring (bicyclic) bond motifs is 1. The maximum absolute atomic E-state index is 13.1. The smallest absolute Gasteiger partial charge is 0.410 e. The highest BCUT2D eigenvalue weighted by Gasteiger charge is 2.31. The van der Waals surface area contributed by atoms with Crippen LogP contribution in [-0.2, 0) is 24.8 Å². The third-order valence-corrected chi connectivity index (χ3v) is 4.50. The van der Waals surface area contributed by atoms with E-state index < -0.39 is 5.60 Å². The van der Waals surface area contributed by atoms with Crippen LogP contribution in [0.15, 0.2) is 24.3 Å². The molecule has 0 atom stereocenters. The van der Waals surface area contributed by atoms with E-state index in [9.17, 15) is 9.59 Å². The van der Waals surface area contributed by atoms with E-state index in [1.165, 1.54) is 0 Å². The lowest BCUT2D eigenvalue weighted by atomic mass is 10.1. The zero-order valence-corrected chi connectivity index (χ0v) is 17.6. The maximum Gasteiger partial charge on any atom is 0.410 e. The first-order valence-corrected chi connectivity index (χ1v) is 9.75. The molecule has 0 bridgehead atoms. The fourth-order valence-electron chi connectivity index (χ4n) is 3.30. The molecule has 29 heavy (non-hydrogen) atoms. The van der Waals surface area contributed by atoms with Crippen molar-refractivity contribution in [2.45, 2.75) is 46.3 Å². The van der Waals surface area contributed by atoms with Crippen LogP contribution in [0.25, 0.3) is 0 Å². The summed E-state index contributed by atoms with van der Waals surface area (Å²) in [6.45, 7) is 8.68. The number of ether oxygens (including phenoxy) is 2. The van der Waals surface area contributed by atoms with Crippen LogP contribution in [0, 0.1) is 0 Å². The monoisotopic (exact) mass is 400 g/mol. The molecule has 8 nitrogen and oxygen atoms in total. The number of nitrogens with one attached hydrogen (secondary N) is 1. The van der Waals surface area contributed by atoms with Crippen molar-refractivity contribution in [3.8, 4) is 5.75 Å². The van der Waals surface area contributed by atoms with Gasteiger partial charge in [-0.15, -0.1) is 0 Å². The molecule has 1 aliphatic rings. The Morgan fingerprint density at radius 3 is 2.66 bits per heavy atom. The molecule has 1 aromatic heterocycles. The predicted molar refractivity (Wildman–Crippen MR) is 109 cm³/mol. The molecule has 3 rings (SSSR count). The number of hydrogen-bond acceptors (Lipinski definition) is 5. The normalized spacial score (nSPS) is 13.6. The summed E-state index contributed by atoms with van der Waals surface area (Å²) in [4.78, 5) is 27.2. The van der Waals surface area contributed by atoms with Crippen molar-refractivity contribution >= 4 is 17.7 Å². The van der Waals surface area contributed by atoms with E-state index in [-0.39, 0.29) is 18.5 Å². The molecule has 1 aromatic carbocycles. The topological polar surface area (TPSA) is 85.7 Å². The summed E-state index contributed by atoms with van der Waals surface area (Å²) in [5.41, 5.74) is 2.02. The summed E-state index contributed by atoms with van der Waals surface area (Å²) < 4.78 is 12.6. The van der Waals surface area contributed by atoms with Gasteiger partial charge in [0.15, 0.2) is 0 Å². The number of carbonyl (C=O) groups excluding carboxylic acids is 2. The standard InChI is InChI=1S/C21H28N4O4/c1-6-28-17-10-8-7-9-16(17)22-19(26)18-14-13-25(20(27)29-21(2,3)4)12-11-15(14)23-24(18)5/h7-10H,6,11-13H2,1-5H3,(H,22,26). The van der Waals surface area contributed by atoms with Gasteiger partial charge in [-0.25, -0.2) is 4.79 Å². The average Bonchev–Trinajstić information content (AvgIpc) is 2.97. The molecule has 0 saturated heterocycles. The Bertz CT molecular complexity index is 914. The number of rotatable bonds is 4. The number of benzene rings is 1. The van der Waals surface area contributed by atoms with E-state index in [4.69, 9.17) is 9.47 Å².